The van der Waals surface area contributed by atoms with Crippen molar-refractivity contribution >= 4 is 28.3 Å². The van der Waals surface area contributed by atoms with E-state index in [4.69, 9.17) is 0 Å². The smallest absolute Gasteiger partial charge is 0.276 e. The van der Waals surface area contributed by atoms with E-state index < -0.39 is 0 Å². The third-order valence-corrected chi connectivity index (χ3v) is 3.81. The molecule has 2 N–H and O–H groups in total. The Morgan fingerprint density at radius 1 is 1.08 bits per heavy atom. The highest BCUT2D eigenvalue weighted by Crippen LogP contribution is 2.21. The molecule has 1 aromatic carbocycles. The van der Waals surface area contributed by atoms with Crippen LogP contribution in [-0.2, 0) is 0 Å². The molecule has 0 saturated carbocycles. The van der Waals surface area contributed by atoms with E-state index in [-0.39, 0.29) is 11.6 Å². The number of anilines is 2. The van der Waals surface area contributed by atoms with E-state index in [0.29, 0.717) is 17.4 Å². The van der Waals surface area contributed by atoms with Gasteiger partial charge in [-0.2, -0.15) is 0 Å². The maximum atomic E-state index is 12.4. The molecule has 0 unspecified atom stereocenters. The van der Waals surface area contributed by atoms with Crippen LogP contribution in [0.5, 0.6) is 0 Å². The number of rotatable bonds is 6. The molecule has 0 fully saturated rings. The van der Waals surface area contributed by atoms with Gasteiger partial charge < -0.3 is 10.6 Å². The second-order valence-corrected chi connectivity index (χ2v) is 6.25. The van der Waals surface area contributed by atoms with Gasteiger partial charge in [0.1, 0.15) is 5.82 Å². The molecule has 6 heteroatoms. The number of aromatic nitrogens is 3. The number of benzene rings is 1. The van der Waals surface area contributed by atoms with Crippen LogP contribution in [0.3, 0.4) is 0 Å². The molecule has 0 saturated heterocycles. The topological polar surface area (TPSA) is 79.8 Å². The Morgan fingerprint density at radius 2 is 1.92 bits per heavy atom. The monoisotopic (exact) mass is 335 g/mol. The first-order valence-electron chi connectivity index (χ1n) is 8.36. The number of carbonyl (C=O) groups excluding carboxylic acids is 1. The fourth-order valence-electron chi connectivity index (χ4n) is 2.43. The standard InChI is InChI=1S/C19H21N5O/c1-13(2)10-12-20-17-9-8-16(23-24-17)19(25)22-15-7-3-5-14-6-4-11-21-18(14)15/h3-9,11,13H,10,12H2,1-2H3,(H,20,24)(H,22,25). The Morgan fingerprint density at radius 3 is 2.68 bits per heavy atom. The van der Waals surface area contributed by atoms with E-state index in [1.54, 1.807) is 18.3 Å². The van der Waals surface area contributed by atoms with Crippen molar-refractivity contribution in [1.82, 2.24) is 15.2 Å². The average Bonchev–Trinajstić information content (AvgIpc) is 2.62. The minimum atomic E-state index is -0.306. The number of pyridine rings is 1. The van der Waals surface area contributed by atoms with Crippen molar-refractivity contribution in [3.8, 4) is 0 Å². The van der Waals surface area contributed by atoms with Gasteiger partial charge in [0.2, 0.25) is 0 Å². The molecule has 6 nitrogen and oxygen atoms in total. The summed E-state index contributed by atoms with van der Waals surface area (Å²) in [5.74, 6) is 0.989. The van der Waals surface area contributed by atoms with Crippen molar-refractivity contribution in [3.63, 3.8) is 0 Å². The Kier molecular flexibility index (Phi) is 5.18. The average molecular weight is 335 g/mol. The molecule has 3 rings (SSSR count). The summed E-state index contributed by atoms with van der Waals surface area (Å²) in [7, 11) is 0. The molecule has 128 valence electrons. The zero-order valence-corrected chi connectivity index (χ0v) is 14.4. The van der Waals surface area contributed by atoms with Gasteiger partial charge in [-0.15, -0.1) is 10.2 Å². The van der Waals surface area contributed by atoms with Gasteiger partial charge in [-0.3, -0.25) is 9.78 Å². The van der Waals surface area contributed by atoms with E-state index in [9.17, 15) is 4.79 Å². The lowest BCUT2D eigenvalue weighted by Crippen LogP contribution is -2.15. The normalized spacial score (nSPS) is 10.8. The van der Waals surface area contributed by atoms with Gasteiger partial charge in [0, 0.05) is 18.1 Å². The SMILES string of the molecule is CC(C)CCNc1ccc(C(=O)Nc2cccc3cccnc23)nn1. The maximum Gasteiger partial charge on any atom is 0.276 e. The van der Waals surface area contributed by atoms with E-state index in [1.807, 2.05) is 30.3 Å². The van der Waals surface area contributed by atoms with Crippen molar-refractivity contribution in [1.29, 1.82) is 0 Å². The molecule has 0 aliphatic rings. The Bertz CT molecular complexity index is 856. The van der Waals surface area contributed by atoms with Crippen LogP contribution >= 0.6 is 0 Å². The predicted octanol–water partition coefficient (Wildman–Crippen LogP) is 3.74. The van der Waals surface area contributed by atoms with Crippen molar-refractivity contribution in [2.45, 2.75) is 20.3 Å². The molecule has 0 spiro atoms. The van der Waals surface area contributed by atoms with E-state index in [1.165, 1.54) is 0 Å². The first-order valence-corrected chi connectivity index (χ1v) is 8.36. The van der Waals surface area contributed by atoms with E-state index in [2.05, 4.69) is 39.7 Å². The van der Waals surface area contributed by atoms with Crippen molar-refractivity contribution in [2.24, 2.45) is 5.92 Å². The van der Waals surface area contributed by atoms with Crippen LogP contribution in [0, 0.1) is 5.92 Å². The highest BCUT2D eigenvalue weighted by atomic mass is 16.1. The third-order valence-electron chi connectivity index (χ3n) is 3.81. The van der Waals surface area contributed by atoms with Crippen LogP contribution in [0.25, 0.3) is 10.9 Å². The van der Waals surface area contributed by atoms with Crippen LogP contribution in [0.4, 0.5) is 11.5 Å². The van der Waals surface area contributed by atoms with Gasteiger partial charge in [-0.25, -0.2) is 0 Å². The Hall–Kier alpha value is -3.02. The van der Waals surface area contributed by atoms with Gasteiger partial charge in [0.25, 0.3) is 5.91 Å². The Balaban J connectivity index is 1.68. The van der Waals surface area contributed by atoms with Gasteiger partial charge in [0.05, 0.1) is 11.2 Å². The number of hydrogen-bond donors (Lipinski definition) is 2. The quantitative estimate of drug-likeness (QED) is 0.717. The fourth-order valence-corrected chi connectivity index (χ4v) is 2.43. The molecule has 0 bridgehead atoms. The number of fused-ring (bicyclic) bond motifs is 1. The largest absolute Gasteiger partial charge is 0.369 e. The van der Waals surface area contributed by atoms with Crippen LogP contribution in [0.1, 0.15) is 30.8 Å². The lowest BCUT2D eigenvalue weighted by molar-refractivity contribution is 0.102. The molecule has 2 aromatic heterocycles. The highest BCUT2D eigenvalue weighted by Gasteiger charge is 2.11. The zero-order chi connectivity index (χ0) is 17.6. The minimum absolute atomic E-state index is 0.266. The number of hydrogen-bond acceptors (Lipinski definition) is 5. The number of nitrogens with one attached hydrogen (secondary N) is 2. The fraction of sp³-hybridized carbons (Fsp3) is 0.263. The summed E-state index contributed by atoms with van der Waals surface area (Å²) in [4.78, 5) is 16.7. The molecular formula is C19H21N5O. The summed E-state index contributed by atoms with van der Waals surface area (Å²) >= 11 is 0. The number of para-hydroxylation sites is 1. The molecule has 3 aromatic rings. The van der Waals surface area contributed by atoms with Crippen molar-refractivity contribution in [3.05, 3.63) is 54.4 Å². The zero-order valence-electron chi connectivity index (χ0n) is 14.4. The summed E-state index contributed by atoms with van der Waals surface area (Å²) in [6.07, 6.45) is 2.76. The van der Waals surface area contributed by atoms with Crippen LogP contribution in [0.2, 0.25) is 0 Å². The van der Waals surface area contributed by atoms with Crippen LogP contribution < -0.4 is 10.6 Å². The summed E-state index contributed by atoms with van der Waals surface area (Å²) in [6, 6.07) is 12.9. The first kappa shape index (κ1) is 16.8. The van der Waals surface area contributed by atoms with E-state index in [0.717, 1.165) is 23.9 Å². The van der Waals surface area contributed by atoms with Crippen LogP contribution in [0.15, 0.2) is 48.7 Å². The second-order valence-electron chi connectivity index (χ2n) is 6.25. The number of nitrogens with zero attached hydrogens (tertiary/aromatic N) is 3. The summed E-state index contributed by atoms with van der Waals surface area (Å²) in [5.41, 5.74) is 1.67. The van der Waals surface area contributed by atoms with Crippen molar-refractivity contribution < 1.29 is 4.79 Å². The van der Waals surface area contributed by atoms with Crippen LogP contribution in [-0.4, -0.2) is 27.6 Å². The summed E-state index contributed by atoms with van der Waals surface area (Å²) in [6.45, 7) is 5.17. The third kappa shape index (κ3) is 4.29. The highest BCUT2D eigenvalue weighted by molar-refractivity contribution is 6.07. The molecule has 1 amide bonds. The van der Waals surface area contributed by atoms with Crippen molar-refractivity contribution in [2.75, 3.05) is 17.2 Å². The molecule has 2 heterocycles. The lowest BCUT2D eigenvalue weighted by Gasteiger charge is -2.09. The molecule has 0 radical (unpaired) electrons. The molecule has 25 heavy (non-hydrogen) atoms. The van der Waals surface area contributed by atoms with Gasteiger partial charge in [0.15, 0.2) is 5.69 Å². The lowest BCUT2D eigenvalue weighted by atomic mass is 10.1. The van der Waals surface area contributed by atoms with Gasteiger partial charge in [-0.05, 0) is 36.6 Å². The number of carbonyl (C=O) groups is 1. The van der Waals surface area contributed by atoms with Gasteiger partial charge >= 0.3 is 0 Å². The maximum absolute atomic E-state index is 12.4. The summed E-state index contributed by atoms with van der Waals surface area (Å²) in [5, 5.41) is 15.1. The molecular weight excluding hydrogens is 314 g/mol. The predicted molar refractivity (Wildman–Crippen MR) is 99.7 cm³/mol. The van der Waals surface area contributed by atoms with E-state index >= 15 is 0 Å². The molecule has 0 atom stereocenters. The second kappa shape index (κ2) is 7.70. The molecule has 0 aliphatic heterocycles. The van der Waals surface area contributed by atoms with Gasteiger partial charge in [-0.1, -0.05) is 32.0 Å². The Labute approximate surface area is 146 Å². The molecule has 0 aliphatic carbocycles. The summed E-state index contributed by atoms with van der Waals surface area (Å²) < 4.78 is 0. The first-order chi connectivity index (χ1) is 12.1. The number of amides is 1. The minimum Gasteiger partial charge on any atom is -0.369 e.